The van der Waals surface area contributed by atoms with Crippen LogP contribution in [-0.4, -0.2) is 321 Å². The summed E-state index contributed by atoms with van der Waals surface area (Å²) >= 11 is 0. The maximum absolute atomic E-state index is 11.4. The van der Waals surface area contributed by atoms with E-state index in [1.807, 2.05) is 0 Å². The van der Waals surface area contributed by atoms with Gasteiger partial charge in [0.25, 0.3) is 0 Å². The maximum atomic E-state index is 11.4. The third kappa shape index (κ3) is 11.7. The van der Waals surface area contributed by atoms with Gasteiger partial charge in [0.05, 0.1) is 45.7 Å². The van der Waals surface area contributed by atoms with Crippen molar-refractivity contribution in [2.75, 3.05) is 39.6 Å². The van der Waals surface area contributed by atoms with E-state index in [1.54, 1.807) is 0 Å². The Labute approximate surface area is 378 Å². The molecule has 31 nitrogen and oxygen atoms in total. The van der Waals surface area contributed by atoms with Crippen molar-refractivity contribution >= 4 is 0 Å². The second kappa shape index (κ2) is 23.5. The van der Waals surface area contributed by atoms with Gasteiger partial charge in [-0.3, -0.25) is 0 Å². The van der Waals surface area contributed by atoms with Gasteiger partial charge in [-0.05, 0) is 0 Å². The number of hydrogen-bond donors (Lipinski definition) is 20. The Morgan fingerprint density at radius 1 is 0.299 bits per heavy atom. The molecule has 0 unspecified atom stereocenters. The molecule has 30 atom stereocenters. The van der Waals surface area contributed by atoms with Crippen LogP contribution in [-0.2, 0) is 52.1 Å². The van der Waals surface area contributed by atoms with Crippen LogP contribution in [0.3, 0.4) is 0 Å². The summed E-state index contributed by atoms with van der Waals surface area (Å²) in [6, 6.07) is -1.42. The van der Waals surface area contributed by atoms with Crippen LogP contribution in [0.4, 0.5) is 0 Å². The lowest BCUT2D eigenvalue weighted by atomic mass is 9.96. The molecule has 0 radical (unpaired) electrons. The number of ether oxygens (including phenoxy) is 11. The number of rotatable bonds is 16. The molecule has 31 heteroatoms. The van der Waals surface area contributed by atoms with E-state index in [0.29, 0.717) is 0 Å². The van der Waals surface area contributed by atoms with Gasteiger partial charge in [-0.2, -0.15) is 0 Å². The minimum Gasteiger partial charge on any atom is -0.394 e. The largest absolute Gasteiger partial charge is 0.394 e. The molecule has 6 rings (SSSR count). The lowest BCUT2D eigenvalue weighted by Crippen LogP contribution is -2.66. The van der Waals surface area contributed by atoms with E-state index in [1.165, 1.54) is 0 Å². The number of hydrogen-bond acceptors (Lipinski definition) is 31. The lowest BCUT2D eigenvalue weighted by Gasteiger charge is -2.47. The molecule has 6 fully saturated rings. The standard InChI is InChI=1S/C36H63NO30/c37-13-20(47)14(41)7(1-38)61-32(13)57-6-12-19(46)30(67-36-26(53)22(49)16(43)9(3-40)63-36)28(55)34(65-12)59-4-10-17(44)23(50)24(51)33(64-10)58-5-11-18(45)29(27(54)31(56)60-11)66-35-25(52)21(48)15(42)8(2-39)62-35/h7-36,38-56H,1-6,37H2/t7-,8-,9-,10-,11-,12-,13-,14-,15-,16-,17-,18-,19-,20-,21+,22+,23+,24-,25-,26-,27-,28-,29+,30+,31+,32-,33-,34-,35+,36+/m1/s1. The average Bonchev–Trinajstić information content (AvgIpc) is 3.31. The zero-order valence-electron chi connectivity index (χ0n) is 35.1. The monoisotopic (exact) mass is 989 g/mol. The predicted octanol–water partition coefficient (Wildman–Crippen LogP) is -14.1. The maximum Gasteiger partial charge on any atom is 0.187 e. The summed E-state index contributed by atoms with van der Waals surface area (Å²) in [4.78, 5) is 0. The van der Waals surface area contributed by atoms with Crippen molar-refractivity contribution in [3.05, 3.63) is 0 Å². The van der Waals surface area contributed by atoms with Crippen LogP contribution in [0, 0.1) is 0 Å². The van der Waals surface area contributed by atoms with Gasteiger partial charge in [-0.1, -0.05) is 0 Å². The molecule has 392 valence electrons. The second-order valence-electron chi connectivity index (χ2n) is 17.0. The Bertz CT molecular complexity index is 1510. The second-order valence-corrected chi connectivity index (χ2v) is 17.0. The van der Waals surface area contributed by atoms with E-state index in [2.05, 4.69) is 0 Å². The third-order valence-electron chi connectivity index (χ3n) is 12.5. The van der Waals surface area contributed by atoms with E-state index < -0.39 is 224 Å². The highest BCUT2D eigenvalue weighted by Gasteiger charge is 2.55. The minimum absolute atomic E-state index is 0.736. The van der Waals surface area contributed by atoms with Crippen molar-refractivity contribution in [2.24, 2.45) is 5.73 Å². The first-order chi connectivity index (χ1) is 31.6. The van der Waals surface area contributed by atoms with E-state index in [4.69, 9.17) is 57.8 Å². The average molecular weight is 990 g/mol. The van der Waals surface area contributed by atoms with Gasteiger partial charge in [-0.25, -0.2) is 0 Å². The van der Waals surface area contributed by atoms with E-state index in [9.17, 15) is 97.0 Å². The van der Waals surface area contributed by atoms with Gasteiger partial charge >= 0.3 is 0 Å². The van der Waals surface area contributed by atoms with Gasteiger partial charge in [0.15, 0.2) is 37.7 Å². The summed E-state index contributed by atoms with van der Waals surface area (Å²) < 4.78 is 60.7. The molecule has 0 aromatic heterocycles. The smallest absolute Gasteiger partial charge is 0.187 e. The van der Waals surface area contributed by atoms with Crippen molar-refractivity contribution in [3.63, 3.8) is 0 Å². The summed E-state index contributed by atoms with van der Waals surface area (Å²) in [5.41, 5.74) is 5.96. The highest BCUT2D eigenvalue weighted by molar-refractivity contribution is 4.98. The Morgan fingerprint density at radius 3 is 1.06 bits per heavy atom. The molecular weight excluding hydrogens is 926 g/mol. The lowest BCUT2D eigenvalue weighted by molar-refractivity contribution is -0.371. The highest BCUT2D eigenvalue weighted by atomic mass is 16.8. The van der Waals surface area contributed by atoms with Gasteiger partial charge in [0.2, 0.25) is 0 Å². The normalized spacial score (nSPS) is 53.4. The summed E-state index contributed by atoms with van der Waals surface area (Å²) in [7, 11) is 0. The van der Waals surface area contributed by atoms with E-state index in [0.717, 1.165) is 0 Å². The van der Waals surface area contributed by atoms with Crippen molar-refractivity contribution < 1.29 is 149 Å². The van der Waals surface area contributed by atoms with Crippen LogP contribution >= 0.6 is 0 Å². The van der Waals surface area contributed by atoms with Crippen molar-refractivity contribution in [1.82, 2.24) is 0 Å². The molecule has 0 bridgehead atoms. The van der Waals surface area contributed by atoms with E-state index >= 15 is 0 Å². The van der Waals surface area contributed by atoms with Crippen LogP contribution in [0.1, 0.15) is 0 Å². The number of aliphatic hydroxyl groups excluding tert-OH is 19. The molecule has 6 saturated heterocycles. The fourth-order valence-electron chi connectivity index (χ4n) is 8.24. The zero-order chi connectivity index (χ0) is 49.3. The van der Waals surface area contributed by atoms with Gasteiger partial charge in [0, 0.05) is 0 Å². The molecule has 0 saturated carbocycles. The topological polar surface area (TPSA) is 512 Å². The Morgan fingerprint density at radius 2 is 0.612 bits per heavy atom. The van der Waals surface area contributed by atoms with Crippen molar-refractivity contribution in [3.8, 4) is 0 Å². The molecule has 6 aliphatic rings. The number of nitrogens with two attached hydrogens (primary N) is 1. The van der Waals surface area contributed by atoms with Crippen LogP contribution < -0.4 is 5.73 Å². The van der Waals surface area contributed by atoms with Crippen LogP contribution in [0.15, 0.2) is 0 Å². The first kappa shape index (κ1) is 55.1. The summed E-state index contributed by atoms with van der Waals surface area (Å²) in [5, 5.41) is 198. The summed E-state index contributed by atoms with van der Waals surface area (Å²) in [6.07, 6.45) is -53.2. The third-order valence-corrected chi connectivity index (χ3v) is 12.5. The molecule has 6 aliphatic heterocycles. The van der Waals surface area contributed by atoms with Crippen molar-refractivity contribution in [2.45, 2.75) is 184 Å². The highest BCUT2D eigenvalue weighted by Crippen LogP contribution is 2.33. The molecule has 0 spiro atoms. The van der Waals surface area contributed by atoms with Crippen LogP contribution in [0.2, 0.25) is 0 Å². The quantitative estimate of drug-likeness (QED) is 0.0683. The Hall–Kier alpha value is -1.24. The van der Waals surface area contributed by atoms with Gasteiger partial charge < -0.3 is 155 Å². The summed E-state index contributed by atoms with van der Waals surface area (Å²) in [6.45, 7) is -4.92. The predicted molar refractivity (Wildman–Crippen MR) is 201 cm³/mol. The molecule has 67 heavy (non-hydrogen) atoms. The first-order valence-corrected chi connectivity index (χ1v) is 21.2. The SMILES string of the molecule is N[C@H]1[C@H](OC[C@H]2O[C@@H](OC[C@H]3O[C@@H](OC[C@H]4O[C@H](O)[C@H](O)[C@@H](O[C@@H]5O[C@H](CO)[C@@H](O)[C@H](O)[C@H]5O)[C@@H]4O)[C@H](O)[C@@H](O)[C@@H]3O)[C@H](O)[C@@H](O[C@@H]3O[C@H](CO)[C@@H](O)[C@H](O)[C@H]3O)[C@@H]2O)O[C@H](CO)[C@@H](O)[C@@H]1O. The number of aliphatic hydroxyl groups is 19. The molecule has 6 heterocycles. The van der Waals surface area contributed by atoms with Gasteiger partial charge in [0.1, 0.15) is 140 Å². The minimum atomic E-state index is -2.11. The molecule has 0 aliphatic carbocycles. The molecule has 0 aromatic carbocycles. The first-order valence-electron chi connectivity index (χ1n) is 21.2. The Kier molecular flexibility index (Phi) is 19.4. The molecular formula is C36H63NO30. The van der Waals surface area contributed by atoms with Crippen molar-refractivity contribution in [1.29, 1.82) is 0 Å². The molecule has 21 N–H and O–H groups in total. The molecule has 0 amide bonds. The van der Waals surface area contributed by atoms with Crippen LogP contribution in [0.25, 0.3) is 0 Å². The molecule has 0 aromatic rings. The fraction of sp³-hybridized carbons (Fsp3) is 1.00. The Balaban J connectivity index is 1.13. The van der Waals surface area contributed by atoms with E-state index in [-0.39, 0.29) is 0 Å². The fourth-order valence-corrected chi connectivity index (χ4v) is 8.24. The summed E-state index contributed by atoms with van der Waals surface area (Å²) in [5.74, 6) is 0. The van der Waals surface area contributed by atoms with Gasteiger partial charge in [-0.15, -0.1) is 0 Å². The van der Waals surface area contributed by atoms with Crippen LogP contribution in [0.5, 0.6) is 0 Å². The zero-order valence-corrected chi connectivity index (χ0v) is 35.1.